The van der Waals surface area contributed by atoms with Crippen molar-refractivity contribution in [1.82, 2.24) is 4.90 Å². The van der Waals surface area contributed by atoms with Gasteiger partial charge in [0.15, 0.2) is 6.61 Å². The van der Waals surface area contributed by atoms with Gasteiger partial charge in [0.1, 0.15) is 23.8 Å². The largest absolute Gasteiger partial charge is 0.497 e. The van der Waals surface area contributed by atoms with Crippen molar-refractivity contribution in [3.63, 3.8) is 0 Å². The number of amides is 1. The van der Waals surface area contributed by atoms with Gasteiger partial charge in [-0.05, 0) is 41.3 Å². The van der Waals surface area contributed by atoms with Crippen molar-refractivity contribution in [3.05, 3.63) is 53.6 Å². The zero-order valence-electron chi connectivity index (χ0n) is 18.1. The number of rotatable bonds is 10. The number of methoxy groups -OCH3 is 3. The summed E-state index contributed by atoms with van der Waals surface area (Å²) in [5.74, 6) is 1.34. The summed E-state index contributed by atoms with van der Waals surface area (Å²) in [7, 11) is 4.38. The van der Waals surface area contributed by atoms with Gasteiger partial charge in [-0.1, -0.05) is 26.0 Å². The second kappa shape index (κ2) is 11.1. The topological polar surface area (TPSA) is 74.3 Å². The maximum atomic E-state index is 12.8. The Kier molecular flexibility index (Phi) is 8.53. The highest BCUT2D eigenvalue weighted by Crippen LogP contribution is 2.24. The molecule has 2 aromatic rings. The zero-order valence-corrected chi connectivity index (χ0v) is 18.1. The average Bonchev–Trinajstić information content (AvgIpc) is 2.76. The van der Waals surface area contributed by atoms with Crippen LogP contribution in [0, 0.1) is 0 Å². The smallest absolute Gasteiger partial charge is 0.325 e. The summed E-state index contributed by atoms with van der Waals surface area (Å²) in [6.45, 7) is 4.01. The quantitative estimate of drug-likeness (QED) is 0.554. The van der Waals surface area contributed by atoms with E-state index in [1.54, 1.807) is 32.4 Å². The third kappa shape index (κ3) is 6.69. The highest BCUT2D eigenvalue weighted by molar-refractivity contribution is 5.83. The number of hydrogen-bond acceptors (Lipinski definition) is 6. The van der Waals surface area contributed by atoms with E-state index in [0.29, 0.717) is 23.2 Å². The number of nitrogens with zero attached hydrogens (tertiary/aromatic N) is 1. The molecule has 0 radical (unpaired) electrons. The van der Waals surface area contributed by atoms with Gasteiger partial charge in [-0.25, -0.2) is 0 Å². The van der Waals surface area contributed by atoms with E-state index in [1.165, 1.54) is 17.6 Å². The second-order valence-electron chi connectivity index (χ2n) is 7.06. The fourth-order valence-electron chi connectivity index (χ4n) is 2.82. The first-order valence-electron chi connectivity index (χ1n) is 9.65. The summed E-state index contributed by atoms with van der Waals surface area (Å²) in [6.07, 6.45) is 0. The van der Waals surface area contributed by atoms with Crippen LogP contribution >= 0.6 is 0 Å². The first kappa shape index (κ1) is 23.1. The van der Waals surface area contributed by atoms with Gasteiger partial charge < -0.3 is 23.8 Å². The summed E-state index contributed by atoms with van der Waals surface area (Å²) in [5, 5.41) is 0. The van der Waals surface area contributed by atoms with E-state index in [1.807, 2.05) is 24.3 Å². The Morgan fingerprint density at radius 1 is 0.900 bits per heavy atom. The van der Waals surface area contributed by atoms with Crippen LogP contribution in [0.4, 0.5) is 0 Å². The van der Waals surface area contributed by atoms with Crippen LogP contribution in [0.2, 0.25) is 0 Å². The van der Waals surface area contributed by atoms with E-state index in [4.69, 9.17) is 18.9 Å². The molecule has 0 heterocycles. The maximum absolute atomic E-state index is 12.8. The van der Waals surface area contributed by atoms with Crippen molar-refractivity contribution in [2.24, 2.45) is 0 Å². The first-order chi connectivity index (χ1) is 14.4. The van der Waals surface area contributed by atoms with Gasteiger partial charge in [-0.15, -0.1) is 0 Å². The van der Waals surface area contributed by atoms with E-state index in [9.17, 15) is 9.59 Å². The summed E-state index contributed by atoms with van der Waals surface area (Å²) in [4.78, 5) is 26.0. The van der Waals surface area contributed by atoms with Gasteiger partial charge in [-0.3, -0.25) is 9.59 Å². The van der Waals surface area contributed by atoms with Crippen LogP contribution in [0.5, 0.6) is 17.2 Å². The van der Waals surface area contributed by atoms with Crippen LogP contribution in [0.1, 0.15) is 30.9 Å². The molecule has 2 rings (SSSR count). The van der Waals surface area contributed by atoms with Gasteiger partial charge in [0, 0.05) is 12.6 Å². The van der Waals surface area contributed by atoms with E-state index >= 15 is 0 Å². The molecule has 0 bridgehead atoms. The zero-order chi connectivity index (χ0) is 22.1. The molecule has 0 atom stereocenters. The molecule has 0 aromatic heterocycles. The molecule has 30 heavy (non-hydrogen) atoms. The molecule has 0 spiro atoms. The maximum Gasteiger partial charge on any atom is 0.325 e. The van der Waals surface area contributed by atoms with Crippen molar-refractivity contribution in [2.75, 3.05) is 34.5 Å². The molecule has 7 nitrogen and oxygen atoms in total. The highest BCUT2D eigenvalue weighted by Gasteiger charge is 2.19. The van der Waals surface area contributed by atoms with Gasteiger partial charge in [0.05, 0.1) is 21.3 Å². The SMILES string of the molecule is COC(=O)CN(Cc1cc(OC)cc(OC)c1)C(=O)COc1ccc(C(C)C)cc1. The second-order valence-corrected chi connectivity index (χ2v) is 7.06. The van der Waals surface area contributed by atoms with Crippen LogP contribution in [-0.2, 0) is 20.9 Å². The lowest BCUT2D eigenvalue weighted by Crippen LogP contribution is -2.38. The molecule has 0 saturated heterocycles. The molecule has 0 aliphatic rings. The Balaban J connectivity index is 2.11. The Bertz CT molecular complexity index is 825. The summed E-state index contributed by atoms with van der Waals surface area (Å²) in [6, 6.07) is 12.9. The number of carbonyl (C=O) groups is 2. The third-order valence-electron chi connectivity index (χ3n) is 4.59. The Labute approximate surface area is 177 Å². The van der Waals surface area contributed by atoms with Gasteiger partial charge in [-0.2, -0.15) is 0 Å². The summed E-state index contributed by atoms with van der Waals surface area (Å²) in [5.41, 5.74) is 1.94. The summed E-state index contributed by atoms with van der Waals surface area (Å²) < 4.78 is 20.9. The molecule has 0 aliphatic carbocycles. The van der Waals surface area contributed by atoms with E-state index in [0.717, 1.165) is 5.56 Å². The fraction of sp³-hybridized carbons (Fsp3) is 0.391. The lowest BCUT2D eigenvalue weighted by atomic mass is 10.0. The Morgan fingerprint density at radius 3 is 2.00 bits per heavy atom. The van der Waals surface area contributed by atoms with Crippen LogP contribution in [0.15, 0.2) is 42.5 Å². The van der Waals surface area contributed by atoms with E-state index in [-0.39, 0.29) is 25.6 Å². The monoisotopic (exact) mass is 415 g/mol. The van der Waals surface area contributed by atoms with Gasteiger partial charge in [0.25, 0.3) is 5.91 Å². The molecule has 1 amide bonds. The van der Waals surface area contributed by atoms with Crippen LogP contribution in [0.25, 0.3) is 0 Å². The Morgan fingerprint density at radius 2 is 1.50 bits per heavy atom. The lowest BCUT2D eigenvalue weighted by molar-refractivity contribution is -0.148. The minimum atomic E-state index is -0.514. The molecule has 0 aliphatic heterocycles. The Hall–Kier alpha value is -3.22. The molecule has 0 saturated carbocycles. The van der Waals surface area contributed by atoms with Crippen LogP contribution < -0.4 is 14.2 Å². The molecule has 0 N–H and O–H groups in total. The van der Waals surface area contributed by atoms with Crippen molar-refractivity contribution >= 4 is 11.9 Å². The number of ether oxygens (including phenoxy) is 4. The number of esters is 1. The van der Waals surface area contributed by atoms with E-state index < -0.39 is 5.97 Å². The standard InChI is InChI=1S/C23H29NO6/c1-16(2)18-6-8-19(9-7-18)30-15-22(25)24(14-23(26)29-5)13-17-10-20(27-3)12-21(11-17)28-4/h6-12,16H,13-15H2,1-5H3. The normalized spacial score (nSPS) is 10.5. The van der Waals surface area contributed by atoms with E-state index in [2.05, 4.69) is 13.8 Å². The number of hydrogen-bond donors (Lipinski definition) is 0. The molecule has 162 valence electrons. The van der Waals surface area contributed by atoms with Crippen LogP contribution in [0.3, 0.4) is 0 Å². The average molecular weight is 415 g/mol. The van der Waals surface area contributed by atoms with Crippen molar-refractivity contribution in [3.8, 4) is 17.2 Å². The first-order valence-corrected chi connectivity index (χ1v) is 9.65. The molecule has 0 unspecified atom stereocenters. The summed E-state index contributed by atoms with van der Waals surface area (Å²) >= 11 is 0. The number of carbonyl (C=O) groups excluding carboxylic acids is 2. The number of benzene rings is 2. The molecule has 7 heteroatoms. The van der Waals surface area contributed by atoms with Crippen molar-refractivity contribution in [1.29, 1.82) is 0 Å². The van der Waals surface area contributed by atoms with Gasteiger partial charge >= 0.3 is 5.97 Å². The predicted molar refractivity (Wildman–Crippen MR) is 113 cm³/mol. The van der Waals surface area contributed by atoms with Gasteiger partial charge in [0.2, 0.25) is 0 Å². The minimum Gasteiger partial charge on any atom is -0.497 e. The van der Waals surface area contributed by atoms with Crippen LogP contribution in [-0.4, -0.2) is 51.3 Å². The predicted octanol–water partition coefficient (Wildman–Crippen LogP) is 3.41. The highest BCUT2D eigenvalue weighted by atomic mass is 16.5. The molecular weight excluding hydrogens is 386 g/mol. The molecular formula is C23H29NO6. The van der Waals surface area contributed by atoms with Crippen molar-refractivity contribution in [2.45, 2.75) is 26.3 Å². The molecule has 2 aromatic carbocycles. The minimum absolute atomic E-state index is 0.178. The van der Waals surface area contributed by atoms with Crippen molar-refractivity contribution < 1.29 is 28.5 Å². The fourth-order valence-corrected chi connectivity index (χ4v) is 2.82. The third-order valence-corrected chi connectivity index (χ3v) is 4.59. The molecule has 0 fully saturated rings. The lowest BCUT2D eigenvalue weighted by Gasteiger charge is -2.22.